The first-order chi connectivity index (χ1) is 12.1. The maximum atomic E-state index is 11.7. The second-order valence-electron chi connectivity index (χ2n) is 5.71. The molecule has 0 saturated carbocycles. The number of halogens is 1. The number of nitrogens with one attached hydrogen (secondary N) is 2. The zero-order valence-electron chi connectivity index (χ0n) is 13.2. The summed E-state index contributed by atoms with van der Waals surface area (Å²) in [5.74, 6) is -1.07. The first kappa shape index (κ1) is 15.6. The SMILES string of the molecule is Cc1[nH]ncc1-c1ccc2[nH]nc(C(=O)O)c2c1-c1cccc(Br)c1. The maximum absolute atomic E-state index is 11.7. The molecule has 0 aliphatic rings. The number of carboxylic acids is 1. The third kappa shape index (κ3) is 2.53. The molecular formula is C18H13BrN4O2. The van der Waals surface area contributed by atoms with E-state index in [-0.39, 0.29) is 5.69 Å². The minimum Gasteiger partial charge on any atom is -0.476 e. The van der Waals surface area contributed by atoms with Crippen LogP contribution in [0.15, 0.2) is 47.1 Å². The number of carbonyl (C=O) groups is 1. The zero-order chi connectivity index (χ0) is 17.6. The molecule has 0 radical (unpaired) electrons. The van der Waals surface area contributed by atoms with Crippen LogP contribution in [0.4, 0.5) is 0 Å². The summed E-state index contributed by atoms with van der Waals surface area (Å²) in [6.45, 7) is 1.94. The van der Waals surface area contributed by atoms with Crippen LogP contribution >= 0.6 is 15.9 Å². The third-order valence-corrected chi connectivity index (χ3v) is 4.66. The Hall–Kier alpha value is -2.93. The molecule has 2 aromatic heterocycles. The molecule has 7 heteroatoms. The van der Waals surface area contributed by atoms with E-state index in [9.17, 15) is 9.90 Å². The lowest BCUT2D eigenvalue weighted by Gasteiger charge is -2.12. The molecule has 0 amide bonds. The minimum atomic E-state index is -1.07. The number of benzene rings is 2. The third-order valence-electron chi connectivity index (χ3n) is 4.17. The summed E-state index contributed by atoms with van der Waals surface area (Å²) >= 11 is 3.49. The van der Waals surface area contributed by atoms with Gasteiger partial charge in [-0.15, -0.1) is 0 Å². The molecule has 0 bridgehead atoms. The van der Waals surface area contributed by atoms with Crippen molar-refractivity contribution in [3.8, 4) is 22.3 Å². The standard InChI is InChI=1S/C18H13BrN4O2/c1-9-13(8-20-21-9)12-5-6-14-16(17(18(24)25)23-22-14)15(12)10-3-2-4-11(19)7-10/h2-8H,1H3,(H,20,21)(H,22,23)(H,24,25). The minimum absolute atomic E-state index is 0.00738. The van der Waals surface area contributed by atoms with Gasteiger partial charge in [0, 0.05) is 26.7 Å². The molecule has 6 nitrogen and oxygen atoms in total. The number of fused-ring (bicyclic) bond motifs is 1. The van der Waals surface area contributed by atoms with Crippen LogP contribution in [0.2, 0.25) is 0 Å². The molecule has 3 N–H and O–H groups in total. The van der Waals surface area contributed by atoms with Gasteiger partial charge in [-0.25, -0.2) is 4.79 Å². The van der Waals surface area contributed by atoms with Crippen LogP contribution in [-0.4, -0.2) is 31.5 Å². The average molecular weight is 397 g/mol. The first-order valence-electron chi connectivity index (χ1n) is 7.57. The maximum Gasteiger partial charge on any atom is 0.357 e. The number of carboxylic acid groups (broad SMARTS) is 1. The Morgan fingerprint density at radius 2 is 2.00 bits per heavy atom. The van der Waals surface area contributed by atoms with Crippen LogP contribution in [0.1, 0.15) is 16.2 Å². The van der Waals surface area contributed by atoms with Gasteiger partial charge in [0.05, 0.1) is 11.7 Å². The number of aromatic amines is 2. The van der Waals surface area contributed by atoms with Crippen LogP contribution < -0.4 is 0 Å². The van der Waals surface area contributed by atoms with Gasteiger partial charge in [0.15, 0.2) is 5.69 Å². The van der Waals surface area contributed by atoms with Crippen molar-refractivity contribution in [3.63, 3.8) is 0 Å². The van der Waals surface area contributed by atoms with Crippen molar-refractivity contribution in [1.29, 1.82) is 0 Å². The number of aromatic nitrogens is 4. The quantitative estimate of drug-likeness (QED) is 0.478. The van der Waals surface area contributed by atoms with Crippen molar-refractivity contribution in [2.75, 3.05) is 0 Å². The van der Waals surface area contributed by atoms with E-state index in [1.54, 1.807) is 6.20 Å². The highest BCUT2D eigenvalue weighted by Gasteiger charge is 2.21. The first-order valence-corrected chi connectivity index (χ1v) is 8.36. The van der Waals surface area contributed by atoms with Crippen LogP contribution in [0.3, 0.4) is 0 Å². The molecule has 0 spiro atoms. The number of nitrogens with zero attached hydrogens (tertiary/aromatic N) is 2. The molecule has 2 heterocycles. The van der Waals surface area contributed by atoms with Crippen molar-refractivity contribution in [3.05, 3.63) is 58.5 Å². The molecule has 25 heavy (non-hydrogen) atoms. The van der Waals surface area contributed by atoms with Gasteiger partial charge in [0.1, 0.15) is 0 Å². The van der Waals surface area contributed by atoms with Crippen molar-refractivity contribution >= 4 is 32.8 Å². The predicted molar refractivity (Wildman–Crippen MR) is 98.5 cm³/mol. The Bertz CT molecular complexity index is 1110. The molecule has 0 aliphatic heterocycles. The van der Waals surface area contributed by atoms with E-state index in [0.29, 0.717) is 10.9 Å². The molecule has 124 valence electrons. The fourth-order valence-corrected chi connectivity index (χ4v) is 3.46. The van der Waals surface area contributed by atoms with Crippen LogP contribution in [0, 0.1) is 6.92 Å². The van der Waals surface area contributed by atoms with Gasteiger partial charge in [-0.1, -0.05) is 34.1 Å². The highest BCUT2D eigenvalue weighted by Crippen LogP contribution is 2.40. The van der Waals surface area contributed by atoms with E-state index < -0.39 is 5.97 Å². The topological polar surface area (TPSA) is 94.7 Å². The smallest absolute Gasteiger partial charge is 0.357 e. The molecule has 0 unspecified atom stereocenters. The molecule has 0 atom stereocenters. The predicted octanol–water partition coefficient (Wildman–Crippen LogP) is 4.39. The van der Waals surface area contributed by atoms with Crippen molar-refractivity contribution in [1.82, 2.24) is 20.4 Å². The van der Waals surface area contributed by atoms with E-state index in [2.05, 4.69) is 36.3 Å². The van der Waals surface area contributed by atoms with Gasteiger partial charge in [-0.05, 0) is 36.2 Å². The summed E-state index contributed by atoms with van der Waals surface area (Å²) in [4.78, 5) is 11.7. The number of aryl methyl sites for hydroxylation is 1. The monoisotopic (exact) mass is 396 g/mol. The normalized spacial score (nSPS) is 11.1. The van der Waals surface area contributed by atoms with Crippen molar-refractivity contribution in [2.24, 2.45) is 0 Å². The summed E-state index contributed by atoms with van der Waals surface area (Å²) < 4.78 is 0.914. The molecule has 0 saturated heterocycles. The summed E-state index contributed by atoms with van der Waals surface area (Å²) in [5, 5.41) is 24.0. The summed E-state index contributed by atoms with van der Waals surface area (Å²) in [7, 11) is 0. The Balaban J connectivity index is 2.16. The second kappa shape index (κ2) is 5.86. The van der Waals surface area contributed by atoms with E-state index in [0.717, 1.165) is 32.4 Å². The summed E-state index contributed by atoms with van der Waals surface area (Å²) in [5.41, 5.74) is 5.14. The lowest BCUT2D eigenvalue weighted by Crippen LogP contribution is -1.98. The van der Waals surface area contributed by atoms with Crippen LogP contribution in [0.25, 0.3) is 33.2 Å². The highest BCUT2D eigenvalue weighted by atomic mass is 79.9. The fraction of sp³-hybridized carbons (Fsp3) is 0.0556. The van der Waals surface area contributed by atoms with Gasteiger partial charge in [0.25, 0.3) is 0 Å². The molecule has 4 aromatic rings. The average Bonchev–Trinajstić information content (AvgIpc) is 3.19. The van der Waals surface area contributed by atoms with Gasteiger partial charge < -0.3 is 5.11 Å². The highest BCUT2D eigenvalue weighted by molar-refractivity contribution is 9.10. The number of H-pyrrole nitrogens is 2. The van der Waals surface area contributed by atoms with Gasteiger partial charge in [-0.2, -0.15) is 10.2 Å². The van der Waals surface area contributed by atoms with Crippen LogP contribution in [0.5, 0.6) is 0 Å². The van der Waals surface area contributed by atoms with E-state index >= 15 is 0 Å². The van der Waals surface area contributed by atoms with E-state index in [4.69, 9.17) is 0 Å². The number of rotatable bonds is 3. The Morgan fingerprint density at radius 1 is 1.16 bits per heavy atom. The van der Waals surface area contributed by atoms with Gasteiger partial charge in [-0.3, -0.25) is 10.2 Å². The largest absolute Gasteiger partial charge is 0.476 e. The van der Waals surface area contributed by atoms with E-state index in [1.165, 1.54) is 0 Å². The fourth-order valence-electron chi connectivity index (χ4n) is 3.06. The Morgan fingerprint density at radius 3 is 2.68 bits per heavy atom. The number of aromatic carboxylic acids is 1. The second-order valence-corrected chi connectivity index (χ2v) is 6.62. The van der Waals surface area contributed by atoms with Gasteiger partial charge in [0.2, 0.25) is 0 Å². The molecule has 2 aromatic carbocycles. The molecule has 0 aliphatic carbocycles. The molecular weight excluding hydrogens is 384 g/mol. The summed E-state index contributed by atoms with van der Waals surface area (Å²) in [6.07, 6.45) is 1.75. The molecule has 4 rings (SSSR count). The van der Waals surface area contributed by atoms with Crippen LogP contribution in [-0.2, 0) is 0 Å². The van der Waals surface area contributed by atoms with E-state index in [1.807, 2.05) is 43.3 Å². The lowest BCUT2D eigenvalue weighted by atomic mass is 9.91. The van der Waals surface area contributed by atoms with Crippen molar-refractivity contribution in [2.45, 2.75) is 6.92 Å². The summed E-state index contributed by atoms with van der Waals surface area (Å²) in [6, 6.07) is 11.6. The lowest BCUT2D eigenvalue weighted by molar-refractivity contribution is 0.0692. The Labute approximate surface area is 151 Å². The number of hydrogen-bond acceptors (Lipinski definition) is 3. The molecule has 0 fully saturated rings. The zero-order valence-corrected chi connectivity index (χ0v) is 14.8. The van der Waals surface area contributed by atoms with Crippen molar-refractivity contribution < 1.29 is 9.90 Å². The van der Waals surface area contributed by atoms with Gasteiger partial charge >= 0.3 is 5.97 Å². The number of hydrogen-bond donors (Lipinski definition) is 3. The Kier molecular flexibility index (Phi) is 3.65.